The number of benzene rings is 4. The van der Waals surface area contributed by atoms with Crippen molar-refractivity contribution in [2.45, 2.75) is 0 Å². The van der Waals surface area contributed by atoms with E-state index in [1.165, 1.54) is 0 Å². The minimum atomic E-state index is -0.368. The normalized spacial score (nSPS) is 12.0. The maximum absolute atomic E-state index is 13.5. The Balaban J connectivity index is 1.64. The van der Waals surface area contributed by atoms with Gasteiger partial charge in [0.25, 0.3) is 5.91 Å². The van der Waals surface area contributed by atoms with E-state index in [1.807, 2.05) is 12.1 Å². The van der Waals surface area contributed by atoms with Crippen LogP contribution in [-0.4, -0.2) is 17.5 Å². The average molecular weight is 453 g/mol. The van der Waals surface area contributed by atoms with Crippen LogP contribution in [0.2, 0.25) is 5.02 Å². The predicted octanol–water partition coefficient (Wildman–Crippen LogP) is 6.11. The van der Waals surface area contributed by atoms with E-state index in [1.54, 1.807) is 78.9 Å². The summed E-state index contributed by atoms with van der Waals surface area (Å²) >= 11 is 6.11. The lowest BCUT2D eigenvalue weighted by Gasteiger charge is -2.23. The summed E-state index contributed by atoms with van der Waals surface area (Å²) in [6.45, 7) is 0. The highest BCUT2D eigenvalue weighted by Crippen LogP contribution is 2.38. The van der Waals surface area contributed by atoms with Gasteiger partial charge in [0.15, 0.2) is 11.6 Å². The molecule has 0 spiro atoms. The van der Waals surface area contributed by atoms with Crippen molar-refractivity contribution in [3.05, 3.63) is 124 Å². The summed E-state index contributed by atoms with van der Waals surface area (Å²) in [5, 5.41) is 6.54. The van der Waals surface area contributed by atoms with Gasteiger partial charge in [-0.2, -0.15) is 0 Å². The number of anilines is 3. The van der Waals surface area contributed by atoms with E-state index in [0.29, 0.717) is 33.1 Å². The van der Waals surface area contributed by atoms with Crippen LogP contribution in [0.1, 0.15) is 42.2 Å². The van der Waals surface area contributed by atoms with Crippen LogP contribution < -0.4 is 10.6 Å². The van der Waals surface area contributed by atoms with Gasteiger partial charge in [-0.25, -0.2) is 0 Å². The molecule has 0 atom stereocenters. The molecule has 0 bridgehead atoms. The summed E-state index contributed by atoms with van der Waals surface area (Å²) in [6, 6.07) is 25.8. The third-order valence-corrected chi connectivity index (χ3v) is 5.70. The minimum Gasteiger partial charge on any atom is -0.355 e. The van der Waals surface area contributed by atoms with Crippen molar-refractivity contribution in [3.63, 3.8) is 0 Å². The summed E-state index contributed by atoms with van der Waals surface area (Å²) in [5.41, 5.74) is 2.87. The Morgan fingerprint density at radius 3 is 1.94 bits per heavy atom. The topological polar surface area (TPSA) is 75.3 Å². The van der Waals surface area contributed by atoms with Crippen LogP contribution in [0.5, 0.6) is 0 Å². The highest BCUT2D eigenvalue weighted by Gasteiger charge is 2.34. The van der Waals surface area contributed by atoms with Gasteiger partial charge in [-0.15, -0.1) is 0 Å². The van der Waals surface area contributed by atoms with Crippen LogP contribution in [0.15, 0.2) is 91.0 Å². The molecule has 5 rings (SSSR count). The summed E-state index contributed by atoms with van der Waals surface area (Å²) < 4.78 is 0. The summed E-state index contributed by atoms with van der Waals surface area (Å²) in [4.78, 5) is 39.8. The van der Waals surface area contributed by atoms with Crippen LogP contribution in [-0.2, 0) is 0 Å². The summed E-state index contributed by atoms with van der Waals surface area (Å²) in [5.74, 6) is -0.980. The summed E-state index contributed by atoms with van der Waals surface area (Å²) in [6.07, 6.45) is 0. The van der Waals surface area contributed by atoms with Crippen molar-refractivity contribution >= 4 is 46.1 Å². The smallest absolute Gasteiger partial charge is 0.255 e. The molecule has 4 aromatic carbocycles. The van der Waals surface area contributed by atoms with Crippen LogP contribution >= 0.6 is 11.6 Å². The Hall–Kier alpha value is -4.22. The molecule has 1 aliphatic rings. The molecule has 160 valence electrons. The Morgan fingerprint density at radius 2 is 1.27 bits per heavy atom. The first-order chi connectivity index (χ1) is 16.0. The van der Waals surface area contributed by atoms with Gasteiger partial charge in [-0.3, -0.25) is 14.4 Å². The van der Waals surface area contributed by atoms with Crippen molar-refractivity contribution < 1.29 is 14.4 Å². The molecule has 0 aromatic heterocycles. The molecule has 0 heterocycles. The Bertz CT molecular complexity index is 1430. The first kappa shape index (κ1) is 20.7. The van der Waals surface area contributed by atoms with Crippen molar-refractivity contribution in [1.29, 1.82) is 0 Å². The number of rotatable bonds is 4. The molecule has 0 radical (unpaired) electrons. The van der Waals surface area contributed by atoms with E-state index in [-0.39, 0.29) is 34.3 Å². The van der Waals surface area contributed by atoms with Gasteiger partial charge in [0.05, 0.1) is 22.5 Å². The van der Waals surface area contributed by atoms with Crippen LogP contribution in [0, 0.1) is 0 Å². The molecule has 0 fully saturated rings. The van der Waals surface area contributed by atoms with Crippen molar-refractivity contribution in [3.8, 4) is 0 Å². The van der Waals surface area contributed by atoms with E-state index in [2.05, 4.69) is 10.6 Å². The standard InChI is InChI=1S/C27H17ClN2O3/c28-17-9-6-10-18(15-17)29-21-13-14-22(30-27(33)16-7-2-1-3-8-16)24-23(21)25(31)19-11-4-5-12-20(19)26(24)32/h1-15,29H,(H,30,33). The fraction of sp³-hybridized carbons (Fsp3) is 0. The second kappa shape index (κ2) is 8.37. The molecule has 6 heteroatoms. The van der Waals surface area contributed by atoms with E-state index in [4.69, 9.17) is 11.6 Å². The van der Waals surface area contributed by atoms with Crippen molar-refractivity contribution in [2.24, 2.45) is 0 Å². The van der Waals surface area contributed by atoms with E-state index < -0.39 is 0 Å². The molecule has 4 aromatic rings. The van der Waals surface area contributed by atoms with Gasteiger partial charge in [0.1, 0.15) is 0 Å². The molecule has 0 aliphatic heterocycles. The fourth-order valence-electron chi connectivity index (χ4n) is 3.94. The predicted molar refractivity (Wildman–Crippen MR) is 129 cm³/mol. The van der Waals surface area contributed by atoms with Crippen LogP contribution in [0.3, 0.4) is 0 Å². The zero-order valence-corrected chi connectivity index (χ0v) is 18.0. The zero-order chi connectivity index (χ0) is 22.9. The van der Waals surface area contributed by atoms with Crippen molar-refractivity contribution in [1.82, 2.24) is 0 Å². The highest BCUT2D eigenvalue weighted by molar-refractivity contribution is 6.33. The largest absolute Gasteiger partial charge is 0.355 e. The van der Waals surface area contributed by atoms with Gasteiger partial charge in [0, 0.05) is 27.4 Å². The molecule has 0 saturated carbocycles. The quantitative estimate of drug-likeness (QED) is 0.345. The monoisotopic (exact) mass is 452 g/mol. The van der Waals surface area contributed by atoms with Gasteiger partial charge in [0.2, 0.25) is 0 Å². The first-order valence-corrected chi connectivity index (χ1v) is 10.6. The third-order valence-electron chi connectivity index (χ3n) is 5.46. The fourth-order valence-corrected chi connectivity index (χ4v) is 4.13. The number of hydrogen-bond acceptors (Lipinski definition) is 4. The number of amides is 1. The zero-order valence-electron chi connectivity index (χ0n) is 17.3. The van der Waals surface area contributed by atoms with Crippen LogP contribution in [0.25, 0.3) is 0 Å². The maximum Gasteiger partial charge on any atom is 0.255 e. The molecule has 33 heavy (non-hydrogen) atoms. The van der Waals surface area contributed by atoms with E-state index in [9.17, 15) is 14.4 Å². The summed E-state index contributed by atoms with van der Waals surface area (Å²) in [7, 11) is 0. The SMILES string of the molecule is O=C(Nc1ccc(Nc2cccc(Cl)c2)c2c1C(=O)c1ccccc1C2=O)c1ccccc1. The molecule has 2 N–H and O–H groups in total. The van der Waals surface area contributed by atoms with Gasteiger partial charge >= 0.3 is 0 Å². The molecular formula is C27H17ClN2O3. The van der Waals surface area contributed by atoms with Gasteiger partial charge in [-0.05, 0) is 42.5 Å². The van der Waals surface area contributed by atoms with Gasteiger partial charge in [-0.1, -0.05) is 60.1 Å². The Labute approximate surface area is 195 Å². The minimum absolute atomic E-state index is 0.162. The van der Waals surface area contributed by atoms with E-state index in [0.717, 1.165) is 0 Å². The molecule has 0 saturated heterocycles. The molecular weight excluding hydrogens is 436 g/mol. The second-order valence-corrected chi connectivity index (χ2v) is 8.01. The number of ketones is 2. The number of hydrogen-bond donors (Lipinski definition) is 2. The number of nitrogens with one attached hydrogen (secondary N) is 2. The molecule has 0 unspecified atom stereocenters. The first-order valence-electron chi connectivity index (χ1n) is 10.3. The highest BCUT2D eigenvalue weighted by atomic mass is 35.5. The van der Waals surface area contributed by atoms with Gasteiger partial charge < -0.3 is 10.6 Å². The average Bonchev–Trinajstić information content (AvgIpc) is 2.84. The lowest BCUT2D eigenvalue weighted by molar-refractivity contribution is 0.0979. The lowest BCUT2D eigenvalue weighted by Crippen LogP contribution is -2.25. The molecule has 1 amide bonds. The number of carbonyl (C=O) groups excluding carboxylic acids is 3. The molecule has 5 nitrogen and oxygen atoms in total. The Morgan fingerprint density at radius 1 is 0.667 bits per heavy atom. The number of halogens is 1. The lowest BCUT2D eigenvalue weighted by atomic mass is 9.82. The molecule has 1 aliphatic carbocycles. The Kier molecular flexibility index (Phi) is 5.24. The maximum atomic E-state index is 13.5. The van der Waals surface area contributed by atoms with Crippen LogP contribution in [0.4, 0.5) is 17.1 Å². The number of fused-ring (bicyclic) bond motifs is 2. The number of carbonyl (C=O) groups is 3. The van der Waals surface area contributed by atoms with Crippen molar-refractivity contribution in [2.75, 3.05) is 10.6 Å². The second-order valence-electron chi connectivity index (χ2n) is 7.57. The van der Waals surface area contributed by atoms with E-state index >= 15 is 0 Å². The third kappa shape index (κ3) is 3.79.